The van der Waals surface area contributed by atoms with Crippen LogP contribution in [0.4, 0.5) is 5.69 Å². The van der Waals surface area contributed by atoms with Crippen LogP contribution in [0.1, 0.15) is 19.4 Å². The summed E-state index contributed by atoms with van der Waals surface area (Å²) in [6.07, 6.45) is 0. The summed E-state index contributed by atoms with van der Waals surface area (Å²) in [6, 6.07) is 18.7. The fourth-order valence-corrected chi connectivity index (χ4v) is 5.93. The lowest BCUT2D eigenvalue weighted by molar-refractivity contribution is -0.139. The smallest absolute Gasteiger partial charge is 0.264 e. The van der Waals surface area contributed by atoms with Crippen LogP contribution in [0.25, 0.3) is 0 Å². The van der Waals surface area contributed by atoms with E-state index >= 15 is 0 Å². The molecular weight excluding hydrogens is 648 g/mol. The Labute approximate surface area is 240 Å². The SMILES string of the molecule is CCNC(=O)C(C)N(Cc1c(Cl)cccc1Cl)C(=O)CN(c1ccc(I)cc1)S(=O)(=O)c1ccccc1. The molecule has 0 aliphatic carbocycles. The van der Waals surface area contributed by atoms with Gasteiger partial charge in [0, 0.05) is 32.3 Å². The molecule has 0 aliphatic rings. The van der Waals surface area contributed by atoms with Crippen molar-refractivity contribution in [1.29, 1.82) is 0 Å². The van der Waals surface area contributed by atoms with Crippen LogP contribution in [0.15, 0.2) is 77.7 Å². The second kappa shape index (κ2) is 12.9. The first-order valence-electron chi connectivity index (χ1n) is 11.4. The van der Waals surface area contributed by atoms with Gasteiger partial charge >= 0.3 is 0 Å². The summed E-state index contributed by atoms with van der Waals surface area (Å²) < 4.78 is 29.3. The highest BCUT2D eigenvalue weighted by molar-refractivity contribution is 14.1. The van der Waals surface area contributed by atoms with Gasteiger partial charge in [-0.3, -0.25) is 13.9 Å². The summed E-state index contributed by atoms with van der Waals surface area (Å²) in [6.45, 7) is 3.10. The second-order valence-electron chi connectivity index (χ2n) is 8.09. The number of halogens is 3. The van der Waals surface area contributed by atoms with E-state index < -0.39 is 28.5 Å². The number of carbonyl (C=O) groups is 2. The molecule has 0 saturated carbocycles. The van der Waals surface area contributed by atoms with Gasteiger partial charge in [-0.2, -0.15) is 0 Å². The third-order valence-corrected chi connectivity index (χ3v) is 8.85. The van der Waals surface area contributed by atoms with Gasteiger partial charge in [0.1, 0.15) is 12.6 Å². The molecule has 0 saturated heterocycles. The van der Waals surface area contributed by atoms with Gasteiger partial charge in [-0.1, -0.05) is 47.5 Å². The average Bonchev–Trinajstić information content (AvgIpc) is 2.88. The third-order valence-electron chi connectivity index (χ3n) is 5.63. The maximum atomic E-state index is 13.8. The van der Waals surface area contributed by atoms with Crippen LogP contribution in [0.3, 0.4) is 0 Å². The lowest BCUT2D eigenvalue weighted by Crippen LogP contribution is -2.51. The number of carbonyl (C=O) groups excluding carboxylic acids is 2. The van der Waals surface area contributed by atoms with E-state index in [1.54, 1.807) is 74.5 Å². The predicted molar refractivity (Wildman–Crippen MR) is 155 cm³/mol. The minimum absolute atomic E-state index is 0.0406. The Morgan fingerprint density at radius 1 is 0.946 bits per heavy atom. The van der Waals surface area contributed by atoms with E-state index in [1.807, 2.05) is 0 Å². The highest BCUT2D eigenvalue weighted by Crippen LogP contribution is 2.28. The van der Waals surface area contributed by atoms with Crippen LogP contribution in [-0.4, -0.2) is 44.3 Å². The Kier molecular flexibility index (Phi) is 10.2. The molecule has 2 amide bonds. The van der Waals surface area contributed by atoms with Gasteiger partial charge in [0.25, 0.3) is 10.0 Å². The minimum Gasteiger partial charge on any atom is -0.355 e. The molecule has 1 unspecified atom stereocenters. The number of amides is 2. The molecule has 0 heterocycles. The van der Waals surface area contributed by atoms with Gasteiger partial charge in [0.05, 0.1) is 10.6 Å². The van der Waals surface area contributed by atoms with Crippen molar-refractivity contribution in [2.75, 3.05) is 17.4 Å². The van der Waals surface area contributed by atoms with E-state index in [1.165, 1.54) is 17.0 Å². The van der Waals surface area contributed by atoms with Crippen LogP contribution in [0.2, 0.25) is 10.0 Å². The van der Waals surface area contributed by atoms with Crippen molar-refractivity contribution in [2.24, 2.45) is 0 Å². The molecule has 1 N–H and O–H groups in total. The number of nitrogens with one attached hydrogen (secondary N) is 1. The lowest BCUT2D eigenvalue weighted by Gasteiger charge is -2.32. The van der Waals surface area contributed by atoms with Gasteiger partial charge in [-0.25, -0.2) is 8.42 Å². The number of likely N-dealkylation sites (N-methyl/N-ethyl adjacent to an activating group) is 1. The lowest BCUT2D eigenvalue weighted by atomic mass is 10.1. The quantitative estimate of drug-likeness (QED) is 0.294. The number of hydrogen-bond acceptors (Lipinski definition) is 4. The summed E-state index contributed by atoms with van der Waals surface area (Å²) in [5.74, 6) is -0.974. The summed E-state index contributed by atoms with van der Waals surface area (Å²) in [4.78, 5) is 27.9. The molecule has 0 fully saturated rings. The molecule has 37 heavy (non-hydrogen) atoms. The van der Waals surface area contributed by atoms with Crippen LogP contribution in [-0.2, 0) is 26.2 Å². The monoisotopic (exact) mass is 673 g/mol. The highest BCUT2D eigenvalue weighted by Gasteiger charge is 2.33. The number of nitrogens with zero attached hydrogens (tertiary/aromatic N) is 2. The zero-order chi connectivity index (χ0) is 27.2. The fraction of sp³-hybridized carbons (Fsp3) is 0.231. The zero-order valence-corrected chi connectivity index (χ0v) is 24.7. The topological polar surface area (TPSA) is 86.8 Å². The Bertz CT molecular complexity index is 1340. The van der Waals surface area contributed by atoms with Crippen molar-refractivity contribution in [3.05, 3.63) is 92.0 Å². The summed E-state index contributed by atoms with van der Waals surface area (Å²) in [7, 11) is -4.11. The normalized spacial score (nSPS) is 12.0. The van der Waals surface area contributed by atoms with Crippen LogP contribution in [0.5, 0.6) is 0 Å². The molecule has 0 aliphatic heterocycles. The van der Waals surface area contributed by atoms with Gasteiger partial charge in [-0.15, -0.1) is 0 Å². The molecule has 0 radical (unpaired) electrons. The minimum atomic E-state index is -4.11. The number of rotatable bonds is 10. The first-order valence-corrected chi connectivity index (χ1v) is 14.7. The third kappa shape index (κ3) is 7.16. The largest absolute Gasteiger partial charge is 0.355 e. The number of benzene rings is 3. The molecule has 0 bridgehead atoms. The first-order chi connectivity index (χ1) is 17.6. The van der Waals surface area contributed by atoms with Gasteiger partial charge in [-0.05, 0) is 85.0 Å². The molecule has 1 atom stereocenters. The maximum absolute atomic E-state index is 13.8. The predicted octanol–water partition coefficient (Wildman–Crippen LogP) is 5.35. The molecule has 3 aromatic rings. The molecule has 3 aromatic carbocycles. The summed E-state index contributed by atoms with van der Waals surface area (Å²) in [5.41, 5.74) is 0.779. The number of hydrogen-bond donors (Lipinski definition) is 1. The fourth-order valence-electron chi connectivity index (χ4n) is 3.61. The van der Waals surface area contributed by atoms with E-state index in [2.05, 4.69) is 27.9 Å². The van der Waals surface area contributed by atoms with Crippen LogP contribution < -0.4 is 9.62 Å². The first kappa shape index (κ1) is 29.2. The summed E-state index contributed by atoms with van der Waals surface area (Å²) in [5, 5.41) is 3.38. The van der Waals surface area contributed by atoms with Crippen molar-refractivity contribution in [3.8, 4) is 0 Å². The van der Waals surface area contributed by atoms with Gasteiger partial charge in [0.2, 0.25) is 11.8 Å². The van der Waals surface area contributed by atoms with Gasteiger partial charge in [0.15, 0.2) is 0 Å². The molecular formula is C26H26Cl2IN3O4S. The molecule has 196 valence electrons. The van der Waals surface area contributed by atoms with E-state index in [0.717, 1.165) is 7.88 Å². The van der Waals surface area contributed by atoms with Crippen molar-refractivity contribution in [1.82, 2.24) is 10.2 Å². The average molecular weight is 674 g/mol. The Balaban J connectivity index is 2.05. The molecule has 7 nitrogen and oxygen atoms in total. The second-order valence-corrected chi connectivity index (χ2v) is 12.0. The Morgan fingerprint density at radius 2 is 1.54 bits per heavy atom. The molecule has 3 rings (SSSR count). The van der Waals surface area contributed by atoms with E-state index in [9.17, 15) is 18.0 Å². The van der Waals surface area contributed by atoms with E-state index in [-0.39, 0.29) is 17.3 Å². The maximum Gasteiger partial charge on any atom is 0.264 e. The van der Waals surface area contributed by atoms with Gasteiger partial charge < -0.3 is 10.2 Å². The van der Waals surface area contributed by atoms with Crippen molar-refractivity contribution < 1.29 is 18.0 Å². The standard InChI is InChI=1S/C26H26Cl2IN3O4S/c1-3-30-26(34)18(2)31(16-22-23(27)10-7-11-24(22)28)25(33)17-32(20-14-12-19(29)13-15-20)37(35,36)21-8-5-4-6-9-21/h4-15,18H,3,16-17H2,1-2H3,(H,30,34). The Hall–Kier alpha value is -2.34. The van der Waals surface area contributed by atoms with Crippen LogP contribution >= 0.6 is 45.8 Å². The highest BCUT2D eigenvalue weighted by atomic mass is 127. The zero-order valence-electron chi connectivity index (χ0n) is 20.2. The van der Waals surface area contributed by atoms with Crippen molar-refractivity contribution >= 4 is 73.3 Å². The molecule has 0 spiro atoms. The molecule has 0 aromatic heterocycles. The van der Waals surface area contributed by atoms with E-state index in [0.29, 0.717) is 27.8 Å². The van der Waals surface area contributed by atoms with Crippen LogP contribution in [0, 0.1) is 3.57 Å². The van der Waals surface area contributed by atoms with Crippen molar-refractivity contribution in [2.45, 2.75) is 31.3 Å². The summed E-state index contributed by atoms with van der Waals surface area (Å²) >= 11 is 14.8. The Morgan fingerprint density at radius 3 is 2.11 bits per heavy atom. The van der Waals surface area contributed by atoms with Crippen molar-refractivity contribution in [3.63, 3.8) is 0 Å². The van der Waals surface area contributed by atoms with E-state index in [4.69, 9.17) is 23.2 Å². The number of anilines is 1. The number of sulfonamides is 1. The molecule has 11 heteroatoms.